The first-order valence-corrected chi connectivity index (χ1v) is 19.9. The topological polar surface area (TPSA) is 199 Å². The lowest BCUT2D eigenvalue weighted by molar-refractivity contribution is -0.152. The second-order valence-corrected chi connectivity index (χ2v) is 16.8. The summed E-state index contributed by atoms with van der Waals surface area (Å²) in [6.07, 6.45) is -18.6. The summed E-state index contributed by atoms with van der Waals surface area (Å²) in [6, 6.07) is 6.84. The molecule has 1 aliphatic rings. The zero-order valence-electron chi connectivity index (χ0n) is 36.0. The molecule has 0 bridgehead atoms. The number of aliphatic imine (C=N–C) groups is 1. The number of fused-ring (bicyclic) bond motifs is 1. The van der Waals surface area contributed by atoms with Gasteiger partial charge in [0.25, 0.3) is 5.91 Å². The highest BCUT2D eigenvalue weighted by atomic mass is 19.4. The maximum absolute atomic E-state index is 14.7. The van der Waals surface area contributed by atoms with Gasteiger partial charge in [-0.2, -0.15) is 26.3 Å². The summed E-state index contributed by atoms with van der Waals surface area (Å²) >= 11 is 0. The molecule has 63 heavy (non-hydrogen) atoms. The molecule has 0 spiro atoms. The number of anilines is 1. The first kappa shape index (κ1) is 51.6. The van der Waals surface area contributed by atoms with Crippen LogP contribution in [0, 0.1) is 36.4 Å². The molecule has 0 aromatic heterocycles. The number of esters is 1. The molecular formula is C42H53F7N6O8. The minimum absolute atomic E-state index is 0.0236. The Bertz CT molecular complexity index is 2030. The summed E-state index contributed by atoms with van der Waals surface area (Å²) in [5, 5.41) is 7.21. The standard InChI is InChI=1S/C42H53F7N6O8/c1-21(2)29(53-39(61)63-40(6,7)8)36(58)52-30(22(3)4)38(60)62-20-55-32-23(5)11-9-14-28(32)31(24-12-10-13-25(43)19-24)51-34(37(55)59)54-35(57)27(16-18-42(47,48)49)26(33(50)56)15-17-41(44,45)46/h9-14,19,21-22,26-27,29-30,34H,15-18,20H2,1-8H3,(H2,50,56)(H,52,58)(H,53,61)(H,54,57)/t26-,27+,29-,30?,34+/m0/s1. The van der Waals surface area contributed by atoms with Crippen LogP contribution in [-0.2, 0) is 33.4 Å². The van der Waals surface area contributed by atoms with Crippen LogP contribution in [0.3, 0.4) is 0 Å². The Labute approximate surface area is 359 Å². The molecule has 1 unspecified atom stereocenters. The van der Waals surface area contributed by atoms with Crippen molar-refractivity contribution < 1.29 is 69.0 Å². The number of nitrogens with zero attached hydrogens (tertiary/aromatic N) is 2. The van der Waals surface area contributed by atoms with Gasteiger partial charge in [0.15, 0.2) is 6.73 Å². The molecule has 2 aromatic carbocycles. The number of carbonyl (C=O) groups excluding carboxylic acids is 6. The summed E-state index contributed by atoms with van der Waals surface area (Å²) in [5.41, 5.74) is 4.86. The van der Waals surface area contributed by atoms with Gasteiger partial charge in [-0.15, -0.1) is 0 Å². The minimum Gasteiger partial charge on any atom is -0.444 e. The number of halogens is 7. The molecule has 0 saturated heterocycles. The van der Waals surface area contributed by atoms with Gasteiger partial charge in [0, 0.05) is 35.8 Å². The third kappa shape index (κ3) is 15.2. The Balaban J connectivity index is 2.09. The van der Waals surface area contributed by atoms with Gasteiger partial charge in [-0.25, -0.2) is 19.0 Å². The Hall–Kier alpha value is -5.76. The number of para-hydroxylation sites is 1. The number of alkyl halides is 6. The zero-order chi connectivity index (χ0) is 47.8. The number of hydrogen-bond acceptors (Lipinski definition) is 9. The van der Waals surface area contributed by atoms with Crippen LogP contribution in [-0.4, -0.2) is 84.3 Å². The number of alkyl carbamates (subject to hydrolysis) is 1. The summed E-state index contributed by atoms with van der Waals surface area (Å²) in [4.78, 5) is 86.1. The number of primary amides is 1. The van der Waals surface area contributed by atoms with Crippen molar-refractivity contribution in [1.29, 1.82) is 0 Å². The van der Waals surface area contributed by atoms with E-state index in [2.05, 4.69) is 20.9 Å². The molecule has 0 fully saturated rings. The molecular weight excluding hydrogens is 849 g/mol. The van der Waals surface area contributed by atoms with Crippen molar-refractivity contribution in [1.82, 2.24) is 16.0 Å². The Morgan fingerprint density at radius 3 is 1.92 bits per heavy atom. The number of ether oxygens (including phenoxy) is 2. The summed E-state index contributed by atoms with van der Waals surface area (Å²) in [5.74, 6) is -12.1. The molecule has 21 heteroatoms. The van der Waals surface area contributed by atoms with E-state index in [0.29, 0.717) is 5.56 Å². The molecule has 348 valence electrons. The van der Waals surface area contributed by atoms with Crippen LogP contribution in [0.2, 0.25) is 0 Å². The largest absolute Gasteiger partial charge is 0.444 e. The van der Waals surface area contributed by atoms with E-state index in [9.17, 15) is 59.5 Å². The van der Waals surface area contributed by atoms with Crippen LogP contribution in [0.1, 0.15) is 90.8 Å². The minimum atomic E-state index is -4.93. The van der Waals surface area contributed by atoms with Gasteiger partial charge in [-0.3, -0.25) is 24.1 Å². The Kier molecular flexibility index (Phi) is 17.3. The van der Waals surface area contributed by atoms with Crippen molar-refractivity contribution in [3.05, 3.63) is 65.0 Å². The Morgan fingerprint density at radius 1 is 0.825 bits per heavy atom. The predicted octanol–water partition coefficient (Wildman–Crippen LogP) is 6.35. The van der Waals surface area contributed by atoms with E-state index in [-0.39, 0.29) is 22.5 Å². The maximum atomic E-state index is 14.7. The van der Waals surface area contributed by atoms with Gasteiger partial charge in [-0.1, -0.05) is 58.0 Å². The fraction of sp³-hybridized carbons (Fsp3) is 0.548. The SMILES string of the molecule is Cc1cccc2c1N(COC(=O)C(NC(=O)[C@@H](NC(=O)OC(C)(C)C)C(C)C)C(C)C)C(=O)[C@@H](NC(=O)[C@H](CCC(F)(F)F)[C@H](CCC(F)(F)F)C(N)=O)N=C2c1cccc(F)c1. The summed E-state index contributed by atoms with van der Waals surface area (Å²) in [7, 11) is 0. The second kappa shape index (κ2) is 21.1. The highest BCUT2D eigenvalue weighted by molar-refractivity contribution is 6.20. The first-order valence-electron chi connectivity index (χ1n) is 19.9. The quantitative estimate of drug-likeness (QED) is 0.104. The van der Waals surface area contributed by atoms with Crippen molar-refractivity contribution in [3.63, 3.8) is 0 Å². The number of rotatable bonds is 17. The molecule has 2 aromatic rings. The third-order valence-corrected chi connectivity index (χ3v) is 9.74. The lowest BCUT2D eigenvalue weighted by Crippen LogP contribution is -2.56. The molecule has 0 aliphatic carbocycles. The number of nitrogens with one attached hydrogen (secondary N) is 3. The van der Waals surface area contributed by atoms with Crippen molar-refractivity contribution in [3.8, 4) is 0 Å². The van der Waals surface area contributed by atoms with Gasteiger partial charge in [0.2, 0.25) is 23.9 Å². The van der Waals surface area contributed by atoms with Crippen LogP contribution in [0.15, 0.2) is 47.5 Å². The van der Waals surface area contributed by atoms with Crippen LogP contribution in [0.25, 0.3) is 0 Å². The van der Waals surface area contributed by atoms with E-state index in [1.54, 1.807) is 67.5 Å². The van der Waals surface area contributed by atoms with Gasteiger partial charge >= 0.3 is 24.4 Å². The number of aryl methyl sites for hydroxylation is 1. The van der Waals surface area contributed by atoms with Crippen molar-refractivity contribution in [2.45, 2.75) is 117 Å². The smallest absolute Gasteiger partial charge is 0.408 e. The number of benzodiazepines with no additional fused rings is 1. The lowest BCUT2D eigenvalue weighted by Gasteiger charge is -2.30. The number of nitrogens with two attached hydrogens (primary N) is 1. The highest BCUT2D eigenvalue weighted by Gasteiger charge is 2.42. The first-order chi connectivity index (χ1) is 29.0. The van der Waals surface area contributed by atoms with Crippen LogP contribution in [0.4, 0.5) is 41.2 Å². The number of carbonyl (C=O) groups is 6. The summed E-state index contributed by atoms with van der Waals surface area (Å²) in [6.45, 7) is 11.9. The maximum Gasteiger partial charge on any atom is 0.408 e. The molecule has 0 radical (unpaired) electrons. The number of amides is 5. The van der Waals surface area contributed by atoms with E-state index in [0.717, 1.165) is 17.0 Å². The fourth-order valence-electron chi connectivity index (χ4n) is 6.67. The van der Waals surface area contributed by atoms with E-state index >= 15 is 0 Å². The van der Waals surface area contributed by atoms with Crippen molar-refractivity contribution >= 4 is 47.1 Å². The van der Waals surface area contributed by atoms with Gasteiger partial charge in [-0.05, 0) is 70.1 Å². The molecule has 5 N–H and O–H groups in total. The predicted molar refractivity (Wildman–Crippen MR) is 215 cm³/mol. The third-order valence-electron chi connectivity index (χ3n) is 9.74. The number of benzene rings is 2. The zero-order valence-corrected chi connectivity index (χ0v) is 36.0. The molecule has 0 saturated carbocycles. The molecule has 5 amide bonds. The molecule has 1 heterocycles. The van der Waals surface area contributed by atoms with Crippen LogP contribution in [0.5, 0.6) is 0 Å². The molecule has 14 nitrogen and oxygen atoms in total. The fourth-order valence-corrected chi connectivity index (χ4v) is 6.67. The van der Waals surface area contributed by atoms with Crippen molar-refractivity contribution in [2.24, 2.45) is 34.4 Å². The van der Waals surface area contributed by atoms with Gasteiger partial charge in [0.05, 0.1) is 11.4 Å². The van der Waals surface area contributed by atoms with Crippen LogP contribution >= 0.6 is 0 Å². The van der Waals surface area contributed by atoms with Crippen molar-refractivity contribution in [2.75, 3.05) is 11.6 Å². The normalized spacial score (nSPS) is 16.5. The lowest BCUT2D eigenvalue weighted by atomic mass is 9.83. The van der Waals surface area contributed by atoms with Gasteiger partial charge in [0.1, 0.15) is 23.5 Å². The summed E-state index contributed by atoms with van der Waals surface area (Å²) < 4.78 is 106. The molecule has 3 rings (SSSR count). The van der Waals surface area contributed by atoms with Gasteiger partial charge < -0.3 is 31.2 Å². The van der Waals surface area contributed by atoms with Crippen LogP contribution < -0.4 is 26.6 Å². The monoisotopic (exact) mass is 902 g/mol. The average molecular weight is 903 g/mol. The van der Waals surface area contributed by atoms with E-state index in [1.807, 2.05) is 0 Å². The average Bonchev–Trinajstić information content (AvgIpc) is 3.25. The second-order valence-electron chi connectivity index (χ2n) is 16.8. The number of hydrogen-bond donors (Lipinski definition) is 4. The van der Waals surface area contributed by atoms with E-state index in [1.165, 1.54) is 18.2 Å². The molecule has 5 atom stereocenters. The Morgan fingerprint density at radius 2 is 1.40 bits per heavy atom. The molecule has 1 aliphatic heterocycles. The highest BCUT2D eigenvalue weighted by Crippen LogP contribution is 2.35. The van der Waals surface area contributed by atoms with E-state index < -0.39 is 134 Å². The van der Waals surface area contributed by atoms with E-state index in [4.69, 9.17) is 15.2 Å².